The first-order valence-corrected chi connectivity index (χ1v) is 9.02. The topological polar surface area (TPSA) is 56.8 Å². The van der Waals surface area contributed by atoms with Crippen LogP contribution in [0.2, 0.25) is 0 Å². The summed E-state index contributed by atoms with van der Waals surface area (Å²) in [6.07, 6.45) is 2.20. The molecule has 0 saturated carbocycles. The Labute approximate surface area is 158 Å². The first-order valence-electron chi connectivity index (χ1n) is 9.02. The molecule has 1 N–H and O–H groups in total. The molecule has 144 valence electrons. The number of benzene rings is 2. The summed E-state index contributed by atoms with van der Waals surface area (Å²) in [5, 5.41) is 2.79. The van der Waals surface area contributed by atoms with Crippen molar-refractivity contribution in [1.29, 1.82) is 0 Å². The first kappa shape index (κ1) is 19.2. The molecule has 0 bridgehead atoms. The van der Waals surface area contributed by atoms with E-state index in [1.807, 2.05) is 18.2 Å². The largest absolute Gasteiger partial charge is 0.493 e. The van der Waals surface area contributed by atoms with Crippen LogP contribution in [0.15, 0.2) is 36.4 Å². The summed E-state index contributed by atoms with van der Waals surface area (Å²) >= 11 is 0. The van der Waals surface area contributed by atoms with Crippen LogP contribution in [0.5, 0.6) is 11.5 Å². The van der Waals surface area contributed by atoms with Gasteiger partial charge in [0, 0.05) is 18.7 Å². The highest BCUT2D eigenvalue weighted by Crippen LogP contribution is 2.29. The molecule has 0 radical (unpaired) electrons. The van der Waals surface area contributed by atoms with Crippen LogP contribution < -0.4 is 14.8 Å². The van der Waals surface area contributed by atoms with Crippen LogP contribution in [0.4, 0.5) is 4.39 Å². The third-order valence-corrected chi connectivity index (χ3v) is 4.56. The van der Waals surface area contributed by atoms with E-state index in [0.717, 1.165) is 25.0 Å². The molecule has 1 saturated heterocycles. The molecule has 6 heteroatoms. The highest BCUT2D eigenvalue weighted by atomic mass is 19.1. The molecule has 0 spiro atoms. The fraction of sp³-hybridized carbons (Fsp3) is 0.381. The van der Waals surface area contributed by atoms with E-state index in [1.165, 1.54) is 6.07 Å². The maximum atomic E-state index is 13.6. The molecular formula is C21H24FNO4. The van der Waals surface area contributed by atoms with Crippen LogP contribution in [0.3, 0.4) is 0 Å². The second-order valence-corrected chi connectivity index (χ2v) is 6.58. The smallest absolute Gasteiger partial charge is 0.251 e. The third-order valence-electron chi connectivity index (χ3n) is 4.56. The van der Waals surface area contributed by atoms with Crippen LogP contribution in [-0.4, -0.2) is 32.3 Å². The van der Waals surface area contributed by atoms with Gasteiger partial charge in [0.25, 0.3) is 5.91 Å². The number of methoxy groups -OCH3 is 1. The second-order valence-electron chi connectivity index (χ2n) is 6.58. The van der Waals surface area contributed by atoms with Gasteiger partial charge < -0.3 is 19.5 Å². The monoisotopic (exact) mass is 373 g/mol. The lowest BCUT2D eigenvalue weighted by atomic mass is 10.1. The number of halogens is 1. The fourth-order valence-corrected chi connectivity index (χ4v) is 2.92. The number of rotatable bonds is 7. The molecule has 1 heterocycles. The average Bonchev–Trinajstić information content (AvgIpc) is 3.20. The molecule has 3 rings (SSSR count). The maximum Gasteiger partial charge on any atom is 0.251 e. The zero-order valence-corrected chi connectivity index (χ0v) is 15.6. The van der Waals surface area contributed by atoms with Crippen molar-refractivity contribution in [2.45, 2.75) is 32.4 Å². The van der Waals surface area contributed by atoms with E-state index in [-0.39, 0.29) is 12.0 Å². The Morgan fingerprint density at radius 3 is 2.81 bits per heavy atom. The summed E-state index contributed by atoms with van der Waals surface area (Å²) in [6, 6.07) is 9.95. The summed E-state index contributed by atoms with van der Waals surface area (Å²) in [4.78, 5) is 12.2. The number of nitrogens with one attached hydrogen (secondary N) is 1. The van der Waals surface area contributed by atoms with E-state index in [9.17, 15) is 9.18 Å². The molecule has 0 aromatic heterocycles. The van der Waals surface area contributed by atoms with Gasteiger partial charge in [-0.2, -0.15) is 0 Å². The minimum absolute atomic E-state index is 0.128. The lowest BCUT2D eigenvalue weighted by molar-refractivity contribution is 0.0669. The summed E-state index contributed by atoms with van der Waals surface area (Å²) in [5.74, 6) is 0.522. The van der Waals surface area contributed by atoms with Crippen molar-refractivity contribution < 1.29 is 23.4 Å². The Morgan fingerprint density at radius 1 is 1.26 bits per heavy atom. The molecule has 0 unspecified atom stereocenters. The number of ether oxygens (including phenoxy) is 3. The van der Waals surface area contributed by atoms with Gasteiger partial charge in [0.15, 0.2) is 11.5 Å². The Morgan fingerprint density at radius 2 is 2.11 bits per heavy atom. The van der Waals surface area contributed by atoms with Crippen LogP contribution in [-0.2, 0) is 11.3 Å². The van der Waals surface area contributed by atoms with Crippen LogP contribution in [0.1, 0.15) is 34.3 Å². The Hall–Kier alpha value is -2.60. The van der Waals surface area contributed by atoms with Crippen LogP contribution >= 0.6 is 0 Å². The molecule has 1 aliphatic rings. The maximum absolute atomic E-state index is 13.6. The predicted octanol–water partition coefficient (Wildman–Crippen LogP) is 3.63. The van der Waals surface area contributed by atoms with Crippen molar-refractivity contribution in [3.63, 3.8) is 0 Å². The lowest BCUT2D eigenvalue weighted by Gasteiger charge is -2.15. The summed E-state index contributed by atoms with van der Waals surface area (Å²) in [7, 11) is 1.58. The minimum Gasteiger partial charge on any atom is -0.493 e. The SMILES string of the molecule is COc1cc(CNC(=O)c2ccc(C)c(F)c2)ccc1OC[C@@H]1CCCO1. The molecule has 0 aliphatic carbocycles. The quantitative estimate of drug-likeness (QED) is 0.805. The lowest BCUT2D eigenvalue weighted by Crippen LogP contribution is -2.23. The van der Waals surface area contributed by atoms with E-state index in [4.69, 9.17) is 14.2 Å². The molecule has 2 aromatic carbocycles. The van der Waals surface area contributed by atoms with Crippen molar-refractivity contribution in [3.8, 4) is 11.5 Å². The van der Waals surface area contributed by atoms with Crippen LogP contribution in [0, 0.1) is 12.7 Å². The van der Waals surface area contributed by atoms with Gasteiger partial charge >= 0.3 is 0 Å². The zero-order valence-electron chi connectivity index (χ0n) is 15.6. The van der Waals surface area contributed by atoms with Crippen LogP contribution in [0.25, 0.3) is 0 Å². The van der Waals surface area contributed by atoms with Crippen molar-refractivity contribution in [2.24, 2.45) is 0 Å². The number of hydrogen-bond donors (Lipinski definition) is 1. The molecule has 1 amide bonds. The average molecular weight is 373 g/mol. The summed E-state index contributed by atoms with van der Waals surface area (Å²) < 4.78 is 30.4. The second kappa shape index (κ2) is 8.86. The van der Waals surface area contributed by atoms with Crippen molar-refractivity contribution >= 4 is 5.91 Å². The Bertz CT molecular complexity index is 803. The van der Waals surface area contributed by atoms with Gasteiger partial charge in [-0.3, -0.25) is 4.79 Å². The Kier molecular flexibility index (Phi) is 6.29. The molecule has 5 nitrogen and oxygen atoms in total. The normalized spacial score (nSPS) is 16.2. The van der Waals surface area contributed by atoms with E-state index in [2.05, 4.69) is 5.32 Å². The van der Waals surface area contributed by atoms with E-state index in [1.54, 1.807) is 26.2 Å². The highest BCUT2D eigenvalue weighted by Gasteiger charge is 2.17. The molecule has 27 heavy (non-hydrogen) atoms. The number of carbonyl (C=O) groups is 1. The number of amides is 1. The zero-order chi connectivity index (χ0) is 19.2. The highest BCUT2D eigenvalue weighted by molar-refractivity contribution is 5.94. The van der Waals surface area contributed by atoms with Gasteiger partial charge in [-0.05, 0) is 55.2 Å². The minimum atomic E-state index is -0.392. The predicted molar refractivity (Wildman–Crippen MR) is 99.8 cm³/mol. The van der Waals surface area contributed by atoms with Gasteiger partial charge in [-0.25, -0.2) is 4.39 Å². The molecular weight excluding hydrogens is 349 g/mol. The van der Waals surface area contributed by atoms with Crippen molar-refractivity contribution in [2.75, 3.05) is 20.3 Å². The molecule has 2 aromatic rings. The van der Waals surface area contributed by atoms with Gasteiger partial charge in [0.2, 0.25) is 0 Å². The number of aryl methyl sites for hydroxylation is 1. The summed E-state index contributed by atoms with van der Waals surface area (Å²) in [5.41, 5.74) is 1.66. The third kappa shape index (κ3) is 4.98. The van der Waals surface area contributed by atoms with Gasteiger partial charge in [0.05, 0.1) is 13.2 Å². The molecule has 1 fully saturated rings. The van der Waals surface area contributed by atoms with Gasteiger partial charge in [-0.1, -0.05) is 12.1 Å². The van der Waals surface area contributed by atoms with Crippen molar-refractivity contribution in [1.82, 2.24) is 5.32 Å². The Balaban J connectivity index is 1.59. The van der Waals surface area contributed by atoms with E-state index < -0.39 is 5.82 Å². The standard InChI is InChI=1S/C21H24FNO4/c1-14-5-7-16(11-18(14)22)21(24)23-12-15-6-8-19(20(10-15)25-2)27-13-17-4-3-9-26-17/h5-8,10-11,17H,3-4,9,12-13H2,1-2H3,(H,23,24)/t17-/m0/s1. The van der Waals surface area contributed by atoms with Gasteiger partial charge in [-0.15, -0.1) is 0 Å². The number of hydrogen-bond acceptors (Lipinski definition) is 4. The fourth-order valence-electron chi connectivity index (χ4n) is 2.92. The summed E-state index contributed by atoms with van der Waals surface area (Å²) in [6.45, 7) is 3.24. The van der Waals surface area contributed by atoms with E-state index >= 15 is 0 Å². The van der Waals surface area contributed by atoms with Crippen molar-refractivity contribution in [3.05, 3.63) is 58.9 Å². The van der Waals surface area contributed by atoms with E-state index in [0.29, 0.717) is 35.8 Å². The van der Waals surface area contributed by atoms with Gasteiger partial charge in [0.1, 0.15) is 12.4 Å². The first-order chi connectivity index (χ1) is 13.1. The number of carbonyl (C=O) groups excluding carboxylic acids is 1. The molecule has 1 atom stereocenters. The molecule has 1 aliphatic heterocycles.